The summed E-state index contributed by atoms with van der Waals surface area (Å²) in [6.45, 7) is 0. The molecule has 64 valence electrons. The Balaban J connectivity index is 2.99. The van der Waals surface area contributed by atoms with Crippen LogP contribution in [0.2, 0.25) is 0 Å². The fraction of sp³-hybridized carbons (Fsp3) is 0. The van der Waals surface area contributed by atoms with Gasteiger partial charge < -0.3 is 5.73 Å². The van der Waals surface area contributed by atoms with Crippen LogP contribution in [-0.4, -0.2) is 0 Å². The van der Waals surface area contributed by atoms with Crippen LogP contribution in [0.5, 0.6) is 0 Å². The van der Waals surface area contributed by atoms with Crippen LogP contribution in [0.15, 0.2) is 22.4 Å². The summed E-state index contributed by atoms with van der Waals surface area (Å²) in [5.74, 6) is 0. The molecule has 0 atom stereocenters. The van der Waals surface area contributed by atoms with Gasteiger partial charge in [-0.3, -0.25) is 0 Å². The maximum absolute atomic E-state index is 8.88. The van der Waals surface area contributed by atoms with Crippen LogP contribution in [0.3, 0.4) is 0 Å². The standard InChI is InChI=1S/C9H6N2S2/c10-4-5-8-6(11)2-1-3-7(8)13-9(5)12/h1-3,12H,11H2. The van der Waals surface area contributed by atoms with E-state index in [-0.39, 0.29) is 0 Å². The minimum atomic E-state index is 0.585. The van der Waals surface area contributed by atoms with Gasteiger partial charge in [-0.2, -0.15) is 5.26 Å². The van der Waals surface area contributed by atoms with Gasteiger partial charge in [0.1, 0.15) is 6.07 Å². The highest BCUT2D eigenvalue weighted by Gasteiger charge is 2.10. The van der Waals surface area contributed by atoms with E-state index in [0.29, 0.717) is 11.3 Å². The molecule has 0 amide bonds. The normalized spacial score (nSPS) is 10.2. The van der Waals surface area contributed by atoms with E-state index in [1.807, 2.05) is 12.1 Å². The lowest BCUT2D eigenvalue weighted by Crippen LogP contribution is -1.85. The first-order chi connectivity index (χ1) is 6.24. The Kier molecular flexibility index (Phi) is 1.91. The van der Waals surface area contributed by atoms with Gasteiger partial charge >= 0.3 is 0 Å². The molecular weight excluding hydrogens is 200 g/mol. The second-order valence-corrected chi connectivity index (χ2v) is 4.42. The number of nitrogens with zero attached hydrogens (tertiary/aromatic N) is 1. The monoisotopic (exact) mass is 206 g/mol. The van der Waals surface area contributed by atoms with Crippen molar-refractivity contribution in [2.75, 3.05) is 5.73 Å². The Morgan fingerprint density at radius 2 is 2.23 bits per heavy atom. The number of nitrogens with two attached hydrogens (primary N) is 1. The average molecular weight is 206 g/mol. The lowest BCUT2D eigenvalue weighted by molar-refractivity contribution is 1.48. The Morgan fingerprint density at radius 3 is 2.92 bits per heavy atom. The molecule has 0 spiro atoms. The molecule has 0 fully saturated rings. The Labute approximate surface area is 85.0 Å². The summed E-state index contributed by atoms with van der Waals surface area (Å²) in [5.41, 5.74) is 7.00. The maximum atomic E-state index is 8.88. The predicted molar refractivity (Wildman–Crippen MR) is 58.2 cm³/mol. The number of benzene rings is 1. The summed E-state index contributed by atoms with van der Waals surface area (Å²) in [4.78, 5) is 0. The third-order valence-electron chi connectivity index (χ3n) is 1.84. The van der Waals surface area contributed by atoms with Gasteiger partial charge in [-0.15, -0.1) is 24.0 Å². The molecule has 0 aliphatic carbocycles. The van der Waals surface area contributed by atoms with Gasteiger partial charge in [0.15, 0.2) is 0 Å². The first-order valence-electron chi connectivity index (χ1n) is 3.64. The van der Waals surface area contributed by atoms with Gasteiger partial charge in [0.2, 0.25) is 0 Å². The molecule has 2 N–H and O–H groups in total. The quantitative estimate of drug-likeness (QED) is 0.514. The van der Waals surface area contributed by atoms with Crippen molar-refractivity contribution in [2.45, 2.75) is 4.21 Å². The van der Waals surface area contributed by atoms with E-state index in [9.17, 15) is 0 Å². The van der Waals surface area contributed by atoms with Crippen molar-refractivity contribution >= 4 is 39.7 Å². The number of thiol groups is 1. The van der Waals surface area contributed by atoms with Gasteiger partial charge in [-0.05, 0) is 12.1 Å². The van der Waals surface area contributed by atoms with E-state index < -0.39 is 0 Å². The van der Waals surface area contributed by atoms with Crippen molar-refractivity contribution in [1.29, 1.82) is 5.26 Å². The Morgan fingerprint density at radius 1 is 1.46 bits per heavy atom. The first kappa shape index (κ1) is 8.42. The van der Waals surface area contributed by atoms with Crippen LogP contribution in [-0.2, 0) is 0 Å². The predicted octanol–water partition coefficient (Wildman–Crippen LogP) is 2.64. The molecule has 0 unspecified atom stereocenters. The zero-order valence-electron chi connectivity index (χ0n) is 6.61. The molecule has 2 aromatic rings. The Hall–Kier alpha value is -1.18. The molecule has 0 aliphatic rings. The van der Waals surface area contributed by atoms with Crippen LogP contribution >= 0.6 is 24.0 Å². The summed E-state index contributed by atoms with van der Waals surface area (Å²) in [6, 6.07) is 7.73. The largest absolute Gasteiger partial charge is 0.398 e. The molecule has 0 bridgehead atoms. The molecule has 1 heterocycles. The third-order valence-corrected chi connectivity index (χ3v) is 3.30. The highest BCUT2D eigenvalue weighted by atomic mass is 32.2. The molecule has 0 saturated carbocycles. The van der Waals surface area contributed by atoms with Gasteiger partial charge in [-0.1, -0.05) is 6.07 Å². The van der Waals surface area contributed by atoms with E-state index >= 15 is 0 Å². The zero-order chi connectivity index (χ0) is 9.42. The Bertz CT molecular complexity index is 508. The summed E-state index contributed by atoms with van der Waals surface area (Å²) >= 11 is 5.70. The molecule has 0 radical (unpaired) electrons. The van der Waals surface area contributed by atoms with Crippen molar-refractivity contribution in [3.8, 4) is 6.07 Å². The highest BCUT2D eigenvalue weighted by molar-refractivity contribution is 7.83. The summed E-state index contributed by atoms with van der Waals surface area (Å²) < 4.78 is 1.75. The summed E-state index contributed by atoms with van der Waals surface area (Å²) in [5, 5.41) is 9.72. The molecule has 13 heavy (non-hydrogen) atoms. The average Bonchev–Trinajstić information content (AvgIpc) is 2.42. The second kappa shape index (κ2) is 2.95. The maximum Gasteiger partial charge on any atom is 0.102 e. The van der Waals surface area contributed by atoms with Crippen molar-refractivity contribution in [3.05, 3.63) is 23.8 Å². The minimum absolute atomic E-state index is 0.585. The second-order valence-electron chi connectivity index (χ2n) is 2.61. The van der Waals surface area contributed by atoms with Crippen LogP contribution in [0.4, 0.5) is 5.69 Å². The molecule has 4 heteroatoms. The van der Waals surface area contributed by atoms with Crippen molar-refractivity contribution in [1.82, 2.24) is 0 Å². The van der Waals surface area contributed by atoms with Crippen LogP contribution in [0.25, 0.3) is 10.1 Å². The zero-order valence-corrected chi connectivity index (χ0v) is 8.32. The van der Waals surface area contributed by atoms with E-state index in [4.69, 9.17) is 11.0 Å². The van der Waals surface area contributed by atoms with Crippen molar-refractivity contribution in [2.24, 2.45) is 0 Å². The lowest BCUT2D eigenvalue weighted by atomic mass is 10.1. The van der Waals surface area contributed by atoms with E-state index in [1.165, 1.54) is 11.3 Å². The molecule has 0 saturated heterocycles. The highest BCUT2D eigenvalue weighted by Crippen LogP contribution is 2.36. The van der Waals surface area contributed by atoms with E-state index in [2.05, 4.69) is 18.7 Å². The van der Waals surface area contributed by atoms with Crippen LogP contribution in [0.1, 0.15) is 5.56 Å². The summed E-state index contributed by atoms with van der Waals surface area (Å²) in [7, 11) is 0. The fourth-order valence-corrected chi connectivity index (χ4v) is 2.65. The van der Waals surface area contributed by atoms with Crippen LogP contribution in [0, 0.1) is 11.3 Å². The molecular formula is C9H6N2S2. The third kappa shape index (κ3) is 1.17. The number of thiophene rings is 1. The molecule has 1 aromatic heterocycles. The molecule has 2 nitrogen and oxygen atoms in total. The fourth-order valence-electron chi connectivity index (χ4n) is 1.27. The number of fused-ring (bicyclic) bond motifs is 1. The number of anilines is 1. The number of nitriles is 1. The summed E-state index contributed by atoms with van der Waals surface area (Å²) in [6.07, 6.45) is 0. The van der Waals surface area contributed by atoms with Crippen molar-refractivity contribution < 1.29 is 0 Å². The van der Waals surface area contributed by atoms with Crippen LogP contribution < -0.4 is 5.73 Å². The van der Waals surface area contributed by atoms with E-state index in [1.54, 1.807) is 6.07 Å². The van der Waals surface area contributed by atoms with Gasteiger partial charge in [0.25, 0.3) is 0 Å². The van der Waals surface area contributed by atoms with Gasteiger partial charge in [0, 0.05) is 15.8 Å². The SMILES string of the molecule is N#Cc1c(S)sc2cccc(N)c12. The van der Waals surface area contributed by atoms with Crippen molar-refractivity contribution in [3.63, 3.8) is 0 Å². The number of hydrogen-bond donors (Lipinski definition) is 2. The van der Waals surface area contributed by atoms with E-state index in [0.717, 1.165) is 14.3 Å². The smallest absolute Gasteiger partial charge is 0.102 e. The van der Waals surface area contributed by atoms with Gasteiger partial charge in [0.05, 0.1) is 9.77 Å². The molecule has 2 rings (SSSR count). The number of rotatable bonds is 0. The lowest BCUT2D eigenvalue weighted by Gasteiger charge is -1.94. The molecule has 1 aromatic carbocycles. The molecule has 0 aliphatic heterocycles. The topological polar surface area (TPSA) is 49.8 Å². The minimum Gasteiger partial charge on any atom is -0.398 e. The van der Waals surface area contributed by atoms with Gasteiger partial charge in [-0.25, -0.2) is 0 Å². The first-order valence-corrected chi connectivity index (χ1v) is 4.90. The number of hydrogen-bond acceptors (Lipinski definition) is 4. The number of nitrogen functional groups attached to an aromatic ring is 1.